The Morgan fingerprint density at radius 3 is 2.53 bits per heavy atom. The van der Waals surface area contributed by atoms with Gasteiger partial charge in [-0.1, -0.05) is 0 Å². The van der Waals surface area contributed by atoms with Gasteiger partial charge in [0.2, 0.25) is 11.7 Å². The monoisotopic (exact) mass is 265 g/mol. The van der Waals surface area contributed by atoms with Crippen molar-refractivity contribution in [3.63, 3.8) is 0 Å². The minimum absolute atomic E-state index is 0.0630. The van der Waals surface area contributed by atoms with Gasteiger partial charge in [0, 0.05) is 6.92 Å². The van der Waals surface area contributed by atoms with E-state index in [0.717, 1.165) is 0 Å². The molecule has 1 fully saturated rings. The van der Waals surface area contributed by atoms with Crippen LogP contribution < -0.4 is 5.32 Å². The Hall–Kier alpha value is -2.18. The van der Waals surface area contributed by atoms with Gasteiger partial charge in [0.15, 0.2) is 5.89 Å². The maximum absolute atomic E-state index is 12.4. The molecule has 1 aliphatic rings. The van der Waals surface area contributed by atoms with Gasteiger partial charge in [0.25, 0.3) is 11.8 Å². The number of aryl methyl sites for hydroxylation is 2. The molecule has 0 aromatic carbocycles. The highest BCUT2D eigenvalue weighted by atomic mass is 16.4. The highest BCUT2D eigenvalue weighted by Gasteiger charge is 2.45. The number of imide groups is 1. The van der Waals surface area contributed by atoms with E-state index in [1.807, 2.05) is 0 Å². The standard InChI is InChI=1S/C12H15N3O4/c1-6-9(19-7(2)13-6)10(17)15-5-8(16)14-11(18)12(15,3)4/h5H2,1-4H3,(H,14,16,18). The third kappa shape index (κ3) is 2.11. The van der Waals surface area contributed by atoms with Crippen LogP contribution in [0.4, 0.5) is 0 Å². The third-order valence-corrected chi connectivity index (χ3v) is 3.13. The molecule has 7 nitrogen and oxygen atoms in total. The summed E-state index contributed by atoms with van der Waals surface area (Å²) in [7, 11) is 0. The number of piperazine rings is 1. The van der Waals surface area contributed by atoms with E-state index in [2.05, 4.69) is 10.3 Å². The lowest BCUT2D eigenvalue weighted by Crippen LogP contribution is -2.65. The summed E-state index contributed by atoms with van der Waals surface area (Å²) in [5, 5.41) is 2.21. The van der Waals surface area contributed by atoms with E-state index in [1.165, 1.54) is 4.90 Å². The van der Waals surface area contributed by atoms with E-state index in [4.69, 9.17) is 4.42 Å². The number of nitrogens with zero attached hydrogens (tertiary/aromatic N) is 2. The number of rotatable bonds is 1. The molecule has 2 rings (SSSR count). The van der Waals surface area contributed by atoms with Gasteiger partial charge in [-0.15, -0.1) is 0 Å². The Kier molecular flexibility index (Phi) is 2.92. The molecule has 1 aromatic rings. The Morgan fingerprint density at radius 2 is 2.00 bits per heavy atom. The van der Waals surface area contributed by atoms with Crippen molar-refractivity contribution >= 4 is 17.7 Å². The van der Waals surface area contributed by atoms with Gasteiger partial charge in [0.05, 0.1) is 5.69 Å². The number of oxazole rings is 1. The van der Waals surface area contributed by atoms with Crippen LogP contribution in [0.2, 0.25) is 0 Å². The smallest absolute Gasteiger partial charge is 0.292 e. The largest absolute Gasteiger partial charge is 0.436 e. The van der Waals surface area contributed by atoms with Crippen LogP contribution in [0, 0.1) is 13.8 Å². The van der Waals surface area contributed by atoms with Crippen LogP contribution in [-0.2, 0) is 9.59 Å². The minimum atomic E-state index is -1.11. The Balaban J connectivity index is 2.39. The van der Waals surface area contributed by atoms with E-state index in [9.17, 15) is 14.4 Å². The van der Waals surface area contributed by atoms with Crippen LogP contribution in [0.25, 0.3) is 0 Å². The van der Waals surface area contributed by atoms with E-state index < -0.39 is 23.3 Å². The van der Waals surface area contributed by atoms with E-state index in [1.54, 1.807) is 27.7 Å². The maximum atomic E-state index is 12.4. The molecule has 102 valence electrons. The van der Waals surface area contributed by atoms with Crippen molar-refractivity contribution in [2.45, 2.75) is 33.2 Å². The Labute approximate surface area is 110 Å². The van der Waals surface area contributed by atoms with Crippen LogP contribution in [0.1, 0.15) is 36.0 Å². The molecule has 19 heavy (non-hydrogen) atoms. The molecule has 2 heterocycles. The molecule has 0 aliphatic carbocycles. The summed E-state index contributed by atoms with van der Waals surface area (Å²) in [6.45, 7) is 6.23. The van der Waals surface area contributed by atoms with Gasteiger partial charge in [-0.05, 0) is 20.8 Å². The van der Waals surface area contributed by atoms with Crippen LogP contribution in [0.15, 0.2) is 4.42 Å². The molecule has 1 aromatic heterocycles. The summed E-state index contributed by atoms with van der Waals surface area (Å²) in [6, 6.07) is 0. The number of carbonyl (C=O) groups excluding carboxylic acids is 3. The van der Waals surface area contributed by atoms with Crippen molar-refractivity contribution < 1.29 is 18.8 Å². The topological polar surface area (TPSA) is 92.5 Å². The number of amides is 3. The van der Waals surface area contributed by atoms with Gasteiger partial charge in [-0.25, -0.2) is 4.98 Å². The average Bonchev–Trinajstić information content (AvgIpc) is 2.62. The lowest BCUT2D eigenvalue weighted by atomic mass is 9.98. The van der Waals surface area contributed by atoms with Crippen LogP contribution >= 0.6 is 0 Å². The average molecular weight is 265 g/mol. The molecule has 0 spiro atoms. The Bertz CT molecular complexity index is 574. The first-order valence-electron chi connectivity index (χ1n) is 5.83. The fraction of sp³-hybridized carbons (Fsp3) is 0.500. The normalized spacial score (nSPS) is 18.4. The maximum Gasteiger partial charge on any atom is 0.292 e. The van der Waals surface area contributed by atoms with Gasteiger partial charge in [-0.3, -0.25) is 19.7 Å². The molecule has 0 unspecified atom stereocenters. The number of hydrogen-bond acceptors (Lipinski definition) is 5. The predicted molar refractivity (Wildman–Crippen MR) is 64.2 cm³/mol. The highest BCUT2D eigenvalue weighted by Crippen LogP contribution is 2.22. The Morgan fingerprint density at radius 1 is 1.37 bits per heavy atom. The molecule has 0 saturated carbocycles. The van der Waals surface area contributed by atoms with Crippen molar-refractivity contribution in [2.75, 3.05) is 6.54 Å². The predicted octanol–water partition coefficient (Wildman–Crippen LogP) is 0.169. The summed E-state index contributed by atoms with van der Waals surface area (Å²) in [5.41, 5.74) is -0.672. The van der Waals surface area contributed by atoms with Crippen molar-refractivity contribution in [2.24, 2.45) is 0 Å². The zero-order valence-corrected chi connectivity index (χ0v) is 11.2. The van der Waals surface area contributed by atoms with Crippen LogP contribution in [0.3, 0.4) is 0 Å². The molecule has 0 radical (unpaired) electrons. The number of hydrogen-bond donors (Lipinski definition) is 1. The minimum Gasteiger partial charge on any atom is -0.436 e. The fourth-order valence-corrected chi connectivity index (χ4v) is 1.96. The third-order valence-electron chi connectivity index (χ3n) is 3.13. The van der Waals surface area contributed by atoms with Gasteiger partial charge >= 0.3 is 0 Å². The SMILES string of the molecule is Cc1nc(C)c(C(=O)N2CC(=O)NC(=O)C2(C)C)o1. The first-order chi connectivity index (χ1) is 8.73. The molecule has 3 amide bonds. The lowest BCUT2D eigenvalue weighted by Gasteiger charge is -2.39. The second-order valence-electron chi connectivity index (χ2n) is 4.98. The molecule has 7 heteroatoms. The molecule has 1 aliphatic heterocycles. The molecule has 1 saturated heterocycles. The molecule has 0 atom stereocenters. The first kappa shape index (κ1) is 13.3. The van der Waals surface area contributed by atoms with Crippen molar-refractivity contribution in [3.8, 4) is 0 Å². The second kappa shape index (κ2) is 4.18. The summed E-state index contributed by atoms with van der Waals surface area (Å²) in [5.74, 6) is -1.09. The summed E-state index contributed by atoms with van der Waals surface area (Å²) in [6.07, 6.45) is 0. The van der Waals surface area contributed by atoms with E-state index in [0.29, 0.717) is 11.6 Å². The quantitative estimate of drug-likeness (QED) is 0.731. The first-order valence-corrected chi connectivity index (χ1v) is 5.83. The molecule has 0 bridgehead atoms. The van der Waals surface area contributed by atoms with Crippen molar-refractivity contribution in [3.05, 3.63) is 17.3 Å². The fourth-order valence-electron chi connectivity index (χ4n) is 1.96. The molecular weight excluding hydrogens is 250 g/mol. The summed E-state index contributed by atoms with van der Waals surface area (Å²) >= 11 is 0. The van der Waals surface area contributed by atoms with Crippen molar-refractivity contribution in [1.82, 2.24) is 15.2 Å². The number of carbonyl (C=O) groups is 3. The number of aromatic nitrogens is 1. The lowest BCUT2D eigenvalue weighted by molar-refractivity contribution is -0.143. The summed E-state index contributed by atoms with van der Waals surface area (Å²) in [4.78, 5) is 40.8. The molecular formula is C12H15N3O4. The number of nitrogens with one attached hydrogen (secondary N) is 1. The van der Waals surface area contributed by atoms with Gasteiger partial charge in [-0.2, -0.15) is 0 Å². The van der Waals surface area contributed by atoms with Crippen molar-refractivity contribution in [1.29, 1.82) is 0 Å². The van der Waals surface area contributed by atoms with Gasteiger partial charge in [0.1, 0.15) is 12.1 Å². The van der Waals surface area contributed by atoms with Crippen LogP contribution in [-0.4, -0.2) is 39.7 Å². The molecule has 1 N–H and O–H groups in total. The van der Waals surface area contributed by atoms with Crippen LogP contribution in [0.5, 0.6) is 0 Å². The zero-order valence-electron chi connectivity index (χ0n) is 11.2. The van der Waals surface area contributed by atoms with Gasteiger partial charge < -0.3 is 9.32 Å². The summed E-state index contributed by atoms with van der Waals surface area (Å²) < 4.78 is 5.25. The second-order valence-corrected chi connectivity index (χ2v) is 4.98. The van der Waals surface area contributed by atoms with E-state index in [-0.39, 0.29) is 12.3 Å². The zero-order chi connectivity index (χ0) is 14.4. The highest BCUT2D eigenvalue weighted by molar-refractivity contribution is 6.08. The van der Waals surface area contributed by atoms with E-state index >= 15 is 0 Å².